The molecule has 6 heteroatoms. The summed E-state index contributed by atoms with van der Waals surface area (Å²) in [5.41, 5.74) is 2.68. The molecule has 0 aliphatic rings. The highest BCUT2D eigenvalue weighted by Crippen LogP contribution is 2.24. The van der Waals surface area contributed by atoms with Crippen molar-refractivity contribution in [1.82, 2.24) is 14.9 Å². The summed E-state index contributed by atoms with van der Waals surface area (Å²) in [4.78, 5) is 22.3. The molecule has 0 saturated carbocycles. The summed E-state index contributed by atoms with van der Waals surface area (Å²) < 4.78 is 1.50. The maximum atomic E-state index is 12.5. The van der Waals surface area contributed by atoms with Crippen molar-refractivity contribution >= 4 is 51.7 Å². The van der Waals surface area contributed by atoms with Gasteiger partial charge in [0, 0.05) is 35.7 Å². The van der Waals surface area contributed by atoms with E-state index in [9.17, 15) is 4.79 Å². The van der Waals surface area contributed by atoms with E-state index >= 15 is 0 Å². The van der Waals surface area contributed by atoms with Crippen molar-refractivity contribution < 1.29 is 4.79 Å². The van der Waals surface area contributed by atoms with Gasteiger partial charge in [0.05, 0.1) is 15.9 Å². The lowest BCUT2D eigenvalue weighted by atomic mass is 10.2. The molecule has 1 amide bonds. The summed E-state index contributed by atoms with van der Waals surface area (Å²) in [5.74, 6) is -0.0404. The first-order chi connectivity index (χ1) is 10.0. The number of nitrogens with zero attached hydrogens (tertiary/aromatic N) is 2. The van der Waals surface area contributed by atoms with Crippen molar-refractivity contribution in [2.75, 3.05) is 7.05 Å². The highest BCUT2D eigenvalue weighted by atomic mass is 32.2. The fourth-order valence-electron chi connectivity index (χ4n) is 1.83. The van der Waals surface area contributed by atoms with Gasteiger partial charge in [0.1, 0.15) is 0 Å². The Labute approximate surface area is 133 Å². The molecule has 0 saturated heterocycles. The van der Waals surface area contributed by atoms with Crippen molar-refractivity contribution in [3.05, 3.63) is 35.0 Å². The zero-order chi connectivity index (χ0) is 15.4. The second kappa shape index (κ2) is 6.87. The Bertz CT molecular complexity index is 691. The first kappa shape index (κ1) is 15.7. The maximum absolute atomic E-state index is 12.5. The molecule has 4 nitrogen and oxygen atoms in total. The second-order valence-electron chi connectivity index (χ2n) is 4.88. The SMILES string of the molecule is CC(C)N(C)C(=O)/C(=C/c1c[nH]c2cccnc12)SC=S. The molecule has 110 valence electrons. The van der Waals surface area contributed by atoms with E-state index < -0.39 is 0 Å². The Morgan fingerprint density at radius 1 is 1.52 bits per heavy atom. The van der Waals surface area contributed by atoms with Crippen LogP contribution in [0.1, 0.15) is 19.4 Å². The number of nitrogens with one attached hydrogen (secondary N) is 1. The Balaban J connectivity index is 2.42. The molecule has 0 bridgehead atoms. The third-order valence-electron chi connectivity index (χ3n) is 3.23. The number of hydrogen-bond acceptors (Lipinski definition) is 4. The smallest absolute Gasteiger partial charge is 0.260 e. The lowest BCUT2D eigenvalue weighted by Crippen LogP contribution is -2.33. The van der Waals surface area contributed by atoms with Gasteiger partial charge in [0.2, 0.25) is 0 Å². The van der Waals surface area contributed by atoms with Crippen LogP contribution in [0.15, 0.2) is 29.4 Å². The summed E-state index contributed by atoms with van der Waals surface area (Å²) in [6, 6.07) is 3.96. The van der Waals surface area contributed by atoms with Crippen LogP contribution in [0, 0.1) is 0 Å². The highest BCUT2D eigenvalue weighted by Gasteiger charge is 2.17. The topological polar surface area (TPSA) is 49.0 Å². The number of thioether (sulfide) groups is 1. The average Bonchev–Trinajstić information content (AvgIpc) is 2.88. The van der Waals surface area contributed by atoms with Gasteiger partial charge >= 0.3 is 0 Å². The van der Waals surface area contributed by atoms with Crippen LogP contribution in [-0.4, -0.2) is 38.6 Å². The molecule has 0 spiro atoms. The van der Waals surface area contributed by atoms with Gasteiger partial charge in [-0.1, -0.05) is 24.0 Å². The summed E-state index contributed by atoms with van der Waals surface area (Å²) >= 11 is 6.15. The maximum Gasteiger partial charge on any atom is 0.260 e. The molecule has 0 fully saturated rings. The molecular formula is C15H17N3OS2. The third-order valence-corrected chi connectivity index (χ3v) is 4.16. The van der Waals surface area contributed by atoms with Crippen LogP contribution in [0.5, 0.6) is 0 Å². The van der Waals surface area contributed by atoms with Gasteiger partial charge in [-0.15, -0.1) is 0 Å². The number of thiocarbonyl (C=S) groups is 1. The Morgan fingerprint density at radius 2 is 2.29 bits per heavy atom. The summed E-state index contributed by atoms with van der Waals surface area (Å²) in [7, 11) is 1.79. The number of carbonyl (C=O) groups is 1. The Hall–Kier alpha value is -1.66. The van der Waals surface area contributed by atoms with Crippen molar-refractivity contribution in [3.8, 4) is 0 Å². The minimum atomic E-state index is -0.0404. The Kier molecular flexibility index (Phi) is 5.14. The molecule has 1 N–H and O–H groups in total. The van der Waals surface area contributed by atoms with Gasteiger partial charge in [0.25, 0.3) is 5.91 Å². The van der Waals surface area contributed by atoms with Crippen molar-refractivity contribution in [1.29, 1.82) is 0 Å². The molecule has 2 aromatic heterocycles. The minimum absolute atomic E-state index is 0.0404. The van der Waals surface area contributed by atoms with Crippen molar-refractivity contribution in [2.45, 2.75) is 19.9 Å². The summed E-state index contributed by atoms with van der Waals surface area (Å²) in [5, 5.41) is 0. The fraction of sp³-hybridized carbons (Fsp3) is 0.267. The van der Waals surface area contributed by atoms with E-state index in [1.807, 2.05) is 38.3 Å². The summed E-state index contributed by atoms with van der Waals surface area (Å²) in [6.45, 7) is 3.95. The molecule has 2 aromatic rings. The van der Waals surface area contributed by atoms with Gasteiger partial charge in [-0.2, -0.15) is 0 Å². The lowest BCUT2D eigenvalue weighted by molar-refractivity contribution is -0.126. The number of amides is 1. The molecule has 0 aliphatic heterocycles. The normalized spacial score (nSPS) is 11.9. The molecule has 0 unspecified atom stereocenters. The number of likely N-dealkylation sites (N-methyl/N-ethyl adjacent to an activating group) is 1. The highest BCUT2D eigenvalue weighted by molar-refractivity contribution is 8.24. The predicted molar refractivity (Wildman–Crippen MR) is 93.2 cm³/mol. The van der Waals surface area contributed by atoms with E-state index in [0.717, 1.165) is 16.6 Å². The van der Waals surface area contributed by atoms with Crippen LogP contribution in [0.25, 0.3) is 17.1 Å². The number of aromatic amines is 1. The number of H-pyrrole nitrogens is 1. The van der Waals surface area contributed by atoms with E-state index in [0.29, 0.717) is 4.91 Å². The van der Waals surface area contributed by atoms with Crippen LogP contribution in [0.2, 0.25) is 0 Å². The number of carbonyl (C=O) groups excluding carboxylic acids is 1. The van der Waals surface area contributed by atoms with Crippen LogP contribution in [0.3, 0.4) is 0 Å². The molecular weight excluding hydrogens is 302 g/mol. The van der Waals surface area contributed by atoms with E-state index in [1.54, 1.807) is 18.1 Å². The standard InChI is InChI=1S/C15H17N3OS2/c1-10(2)18(3)15(19)13(21-9-20)7-11-8-17-12-5-4-6-16-14(11)12/h4-10,17H,1-3H3/b13-7-. The molecule has 0 atom stereocenters. The first-order valence-electron chi connectivity index (χ1n) is 6.56. The Morgan fingerprint density at radius 3 is 2.95 bits per heavy atom. The van der Waals surface area contributed by atoms with Crippen molar-refractivity contribution in [3.63, 3.8) is 0 Å². The van der Waals surface area contributed by atoms with E-state index in [1.165, 1.54) is 16.5 Å². The first-order valence-corrected chi connectivity index (χ1v) is 7.91. The molecule has 0 radical (unpaired) electrons. The zero-order valence-electron chi connectivity index (χ0n) is 12.2. The van der Waals surface area contributed by atoms with Gasteiger partial charge in [-0.05, 0) is 32.1 Å². The number of rotatable bonds is 5. The van der Waals surface area contributed by atoms with Crippen LogP contribution < -0.4 is 0 Å². The average molecular weight is 319 g/mol. The van der Waals surface area contributed by atoms with Gasteiger partial charge < -0.3 is 9.88 Å². The molecule has 2 rings (SSSR count). The molecule has 2 heterocycles. The van der Waals surface area contributed by atoms with E-state index in [4.69, 9.17) is 12.2 Å². The van der Waals surface area contributed by atoms with E-state index in [-0.39, 0.29) is 11.9 Å². The predicted octanol–water partition coefficient (Wildman–Crippen LogP) is 3.46. The minimum Gasteiger partial charge on any atom is -0.359 e. The quantitative estimate of drug-likeness (QED) is 0.677. The number of hydrogen-bond donors (Lipinski definition) is 1. The van der Waals surface area contributed by atoms with Crippen LogP contribution in [-0.2, 0) is 4.79 Å². The van der Waals surface area contributed by atoms with Crippen molar-refractivity contribution in [2.24, 2.45) is 0 Å². The van der Waals surface area contributed by atoms with Crippen LogP contribution in [0.4, 0.5) is 0 Å². The number of pyridine rings is 1. The molecule has 21 heavy (non-hydrogen) atoms. The number of fused-ring (bicyclic) bond motifs is 1. The zero-order valence-corrected chi connectivity index (χ0v) is 13.8. The van der Waals surface area contributed by atoms with Crippen LogP contribution >= 0.6 is 24.0 Å². The molecule has 0 aromatic carbocycles. The van der Waals surface area contributed by atoms with Gasteiger partial charge in [-0.25, -0.2) is 0 Å². The number of aromatic nitrogens is 2. The monoisotopic (exact) mass is 319 g/mol. The van der Waals surface area contributed by atoms with Gasteiger partial charge in [0.15, 0.2) is 0 Å². The van der Waals surface area contributed by atoms with Gasteiger partial charge in [-0.3, -0.25) is 9.78 Å². The third kappa shape index (κ3) is 3.51. The largest absolute Gasteiger partial charge is 0.359 e. The molecule has 0 aliphatic carbocycles. The fourth-order valence-corrected chi connectivity index (χ4v) is 2.69. The van der Waals surface area contributed by atoms with E-state index in [2.05, 4.69) is 9.97 Å². The second-order valence-corrected chi connectivity index (χ2v) is 6.32. The summed E-state index contributed by atoms with van der Waals surface area (Å²) in [6.07, 6.45) is 5.42. The lowest BCUT2D eigenvalue weighted by Gasteiger charge is -2.22.